The third-order valence-electron chi connectivity index (χ3n) is 4.75. The second-order valence-electron chi connectivity index (χ2n) is 7.45. The molecule has 3 nitrogen and oxygen atoms in total. The first-order chi connectivity index (χ1) is 8.76. The number of aliphatic hydroxyl groups excluding tert-OH is 1. The third-order valence-corrected chi connectivity index (χ3v) is 9.29. The van der Waals surface area contributed by atoms with Gasteiger partial charge in [-0.15, -0.1) is 0 Å². The first kappa shape index (κ1) is 17.1. The van der Waals surface area contributed by atoms with Crippen molar-refractivity contribution in [3.8, 4) is 0 Å². The number of aliphatic hydroxyl groups is 1. The van der Waals surface area contributed by atoms with E-state index >= 15 is 0 Å². The highest BCUT2D eigenvalue weighted by molar-refractivity contribution is 6.74. The summed E-state index contributed by atoms with van der Waals surface area (Å²) in [6.07, 6.45) is 3.53. The third kappa shape index (κ3) is 5.54. The van der Waals surface area contributed by atoms with Crippen LogP contribution in [0.15, 0.2) is 0 Å². The van der Waals surface area contributed by atoms with Crippen LogP contribution in [0.4, 0.5) is 0 Å². The first-order valence-corrected chi connectivity index (χ1v) is 10.6. The van der Waals surface area contributed by atoms with E-state index in [1.165, 1.54) is 19.4 Å². The Labute approximate surface area is 120 Å². The van der Waals surface area contributed by atoms with Crippen LogP contribution < -0.4 is 0 Å². The van der Waals surface area contributed by atoms with Gasteiger partial charge in [0.15, 0.2) is 8.32 Å². The van der Waals surface area contributed by atoms with Crippen molar-refractivity contribution in [3.05, 3.63) is 0 Å². The Morgan fingerprint density at radius 2 is 2.00 bits per heavy atom. The fourth-order valence-electron chi connectivity index (χ4n) is 2.34. The minimum atomic E-state index is -1.57. The topological polar surface area (TPSA) is 32.7 Å². The maximum absolute atomic E-state index is 9.23. The monoisotopic (exact) mass is 287 g/mol. The van der Waals surface area contributed by atoms with Gasteiger partial charge in [-0.25, -0.2) is 0 Å². The van der Waals surface area contributed by atoms with Crippen molar-refractivity contribution >= 4 is 8.32 Å². The van der Waals surface area contributed by atoms with Gasteiger partial charge in [0, 0.05) is 26.3 Å². The Balaban J connectivity index is 2.20. The summed E-state index contributed by atoms with van der Waals surface area (Å²) in [6.45, 7) is 16.1. The summed E-state index contributed by atoms with van der Waals surface area (Å²) in [6, 6.07) is 0. The van der Waals surface area contributed by atoms with Gasteiger partial charge in [-0.3, -0.25) is 0 Å². The van der Waals surface area contributed by atoms with Gasteiger partial charge in [-0.2, -0.15) is 0 Å². The van der Waals surface area contributed by atoms with Crippen molar-refractivity contribution in [2.45, 2.75) is 58.2 Å². The van der Waals surface area contributed by atoms with E-state index < -0.39 is 8.32 Å². The lowest BCUT2D eigenvalue weighted by Crippen LogP contribution is -2.42. The van der Waals surface area contributed by atoms with Crippen LogP contribution in [0.5, 0.6) is 0 Å². The zero-order valence-corrected chi connectivity index (χ0v) is 14.5. The summed E-state index contributed by atoms with van der Waals surface area (Å²) in [5.41, 5.74) is 0. The van der Waals surface area contributed by atoms with Gasteiger partial charge in [0.25, 0.3) is 0 Å². The number of rotatable bonds is 6. The normalized spacial score (nSPS) is 22.7. The Morgan fingerprint density at radius 1 is 1.32 bits per heavy atom. The largest absolute Gasteiger partial charge is 0.417 e. The van der Waals surface area contributed by atoms with Crippen LogP contribution in [0.2, 0.25) is 18.1 Å². The van der Waals surface area contributed by atoms with Crippen molar-refractivity contribution in [2.24, 2.45) is 5.92 Å². The maximum atomic E-state index is 9.23. The molecule has 1 rings (SSSR count). The van der Waals surface area contributed by atoms with Crippen LogP contribution >= 0.6 is 0 Å². The maximum Gasteiger partial charge on any atom is 0.191 e. The molecular weight excluding hydrogens is 254 g/mol. The predicted molar refractivity (Wildman–Crippen MR) is 84.0 cm³/mol. The van der Waals surface area contributed by atoms with Gasteiger partial charge in [0.05, 0.1) is 0 Å². The molecule has 1 unspecified atom stereocenters. The molecule has 1 heterocycles. The fraction of sp³-hybridized carbons (Fsp3) is 1.00. The van der Waals surface area contributed by atoms with Gasteiger partial charge in [0.2, 0.25) is 0 Å². The van der Waals surface area contributed by atoms with Crippen molar-refractivity contribution in [3.63, 3.8) is 0 Å². The van der Waals surface area contributed by atoms with E-state index in [2.05, 4.69) is 38.8 Å². The van der Waals surface area contributed by atoms with E-state index in [1.807, 2.05) is 0 Å². The molecule has 1 fully saturated rings. The highest BCUT2D eigenvalue weighted by Gasteiger charge is 2.36. The van der Waals surface area contributed by atoms with Crippen LogP contribution in [0, 0.1) is 5.92 Å². The zero-order chi connectivity index (χ0) is 14.5. The van der Waals surface area contributed by atoms with Crippen LogP contribution in [0.3, 0.4) is 0 Å². The molecule has 1 N–H and O–H groups in total. The molecule has 0 aromatic rings. The molecule has 4 heteroatoms. The van der Waals surface area contributed by atoms with E-state index in [4.69, 9.17) is 4.43 Å². The van der Waals surface area contributed by atoms with Crippen molar-refractivity contribution in [2.75, 3.05) is 32.8 Å². The van der Waals surface area contributed by atoms with Gasteiger partial charge in [-0.05, 0) is 49.9 Å². The Hall–Kier alpha value is 0.0969. The molecule has 0 aliphatic carbocycles. The predicted octanol–water partition coefficient (Wildman–Crippen LogP) is 3.10. The smallest absolute Gasteiger partial charge is 0.191 e. The Bertz CT molecular complexity index is 263. The van der Waals surface area contributed by atoms with Crippen LogP contribution in [0.1, 0.15) is 40.0 Å². The van der Waals surface area contributed by atoms with E-state index in [9.17, 15) is 5.11 Å². The fourth-order valence-corrected chi connectivity index (χ4v) is 3.42. The highest BCUT2D eigenvalue weighted by atomic mass is 28.4. The average Bonchev–Trinajstić information content (AvgIpc) is 2.33. The molecule has 1 saturated heterocycles. The molecule has 1 aliphatic heterocycles. The molecular formula is C15H33NO2Si. The first-order valence-electron chi connectivity index (χ1n) is 7.73. The lowest BCUT2D eigenvalue weighted by molar-refractivity contribution is 0.115. The van der Waals surface area contributed by atoms with Crippen LogP contribution in [-0.2, 0) is 4.43 Å². The molecule has 1 atom stereocenters. The standard InChI is InChI=1S/C15H33NO2Si/c1-15(2,3)19(4,5)18-11-7-10-16-9-6-8-14(12-16)13-17/h14,17H,6-13H2,1-5H3. The number of nitrogens with zero attached hydrogens (tertiary/aromatic N) is 1. The number of hydrogen-bond donors (Lipinski definition) is 1. The minimum absolute atomic E-state index is 0.306. The second-order valence-corrected chi connectivity index (χ2v) is 12.3. The lowest BCUT2D eigenvalue weighted by atomic mass is 9.99. The SMILES string of the molecule is CC(C)(C)[Si](C)(C)OCCCN1CCCC(CO)C1. The molecule has 0 saturated carbocycles. The van der Waals surface area contributed by atoms with Crippen molar-refractivity contribution in [1.82, 2.24) is 4.90 Å². The summed E-state index contributed by atoms with van der Waals surface area (Å²) in [5, 5.41) is 9.54. The molecule has 0 bridgehead atoms. The molecule has 0 amide bonds. The summed E-state index contributed by atoms with van der Waals surface area (Å²) < 4.78 is 6.20. The Morgan fingerprint density at radius 3 is 2.58 bits per heavy atom. The number of likely N-dealkylation sites (tertiary alicyclic amines) is 1. The molecule has 114 valence electrons. The summed E-state index contributed by atoms with van der Waals surface area (Å²) in [4.78, 5) is 2.49. The molecule has 19 heavy (non-hydrogen) atoms. The number of piperidine rings is 1. The number of hydrogen-bond acceptors (Lipinski definition) is 3. The van der Waals surface area contributed by atoms with E-state index in [0.717, 1.165) is 26.1 Å². The quantitative estimate of drug-likeness (QED) is 0.602. The molecule has 0 aromatic heterocycles. The van der Waals surface area contributed by atoms with Gasteiger partial charge < -0.3 is 14.4 Å². The van der Waals surface area contributed by atoms with E-state index in [0.29, 0.717) is 17.6 Å². The van der Waals surface area contributed by atoms with Gasteiger partial charge in [-0.1, -0.05) is 20.8 Å². The summed E-state index contributed by atoms with van der Waals surface area (Å²) in [7, 11) is -1.57. The van der Waals surface area contributed by atoms with Crippen LogP contribution in [0.25, 0.3) is 0 Å². The van der Waals surface area contributed by atoms with Crippen molar-refractivity contribution in [1.29, 1.82) is 0 Å². The van der Waals surface area contributed by atoms with E-state index in [1.54, 1.807) is 0 Å². The van der Waals surface area contributed by atoms with Gasteiger partial charge >= 0.3 is 0 Å². The molecule has 0 spiro atoms. The lowest BCUT2D eigenvalue weighted by Gasteiger charge is -2.36. The zero-order valence-electron chi connectivity index (χ0n) is 13.5. The summed E-state index contributed by atoms with van der Waals surface area (Å²) in [5.74, 6) is 0.495. The van der Waals surface area contributed by atoms with E-state index in [-0.39, 0.29) is 0 Å². The van der Waals surface area contributed by atoms with Crippen LogP contribution in [-0.4, -0.2) is 51.2 Å². The van der Waals surface area contributed by atoms with Gasteiger partial charge in [0.1, 0.15) is 0 Å². The molecule has 0 radical (unpaired) electrons. The second kappa shape index (κ2) is 7.20. The minimum Gasteiger partial charge on any atom is -0.417 e. The molecule has 0 aromatic carbocycles. The highest BCUT2D eigenvalue weighted by Crippen LogP contribution is 2.36. The molecule has 1 aliphatic rings. The Kier molecular flexibility index (Phi) is 6.50. The van der Waals surface area contributed by atoms with Crippen molar-refractivity contribution < 1.29 is 9.53 Å². The summed E-state index contributed by atoms with van der Waals surface area (Å²) >= 11 is 0. The average molecular weight is 288 g/mol.